The van der Waals surface area contributed by atoms with E-state index in [9.17, 15) is 8.78 Å². The van der Waals surface area contributed by atoms with Gasteiger partial charge in [-0.05, 0) is 23.3 Å². The first-order chi connectivity index (χ1) is 7.75. The number of aromatic nitrogens is 3. The van der Waals surface area contributed by atoms with Crippen molar-refractivity contribution in [3.63, 3.8) is 0 Å². The van der Waals surface area contributed by atoms with Crippen molar-refractivity contribution in [2.45, 2.75) is 6.42 Å². The summed E-state index contributed by atoms with van der Waals surface area (Å²) < 4.78 is 29.4. The fourth-order valence-corrected chi connectivity index (χ4v) is 1.62. The first-order valence-electron chi connectivity index (χ1n) is 4.58. The van der Waals surface area contributed by atoms with Gasteiger partial charge in [0.2, 0.25) is 5.13 Å². The third-order valence-electron chi connectivity index (χ3n) is 1.99. The lowest BCUT2D eigenvalue weighted by atomic mass is 10.1. The van der Waals surface area contributed by atoms with E-state index in [0.29, 0.717) is 23.7 Å². The third kappa shape index (κ3) is 2.69. The summed E-state index contributed by atoms with van der Waals surface area (Å²) in [5.41, 5.74) is 0.464. The molecule has 0 aliphatic heterocycles. The Balaban J connectivity index is 1.90. The molecule has 0 saturated carbocycles. The standard InChI is InChI=1S/C9H8F2N4S/c10-7-2-1-6(8(11)5-7)3-4-12-9-13-14-15-16-9/h1-2,5H,3-4H2,(H,12,13,15). The van der Waals surface area contributed by atoms with Crippen LogP contribution in [0.15, 0.2) is 18.2 Å². The number of hydrogen-bond donors (Lipinski definition) is 1. The Kier molecular flexibility index (Phi) is 3.35. The average Bonchev–Trinajstić information content (AvgIpc) is 2.74. The molecule has 84 valence electrons. The number of rotatable bonds is 4. The van der Waals surface area contributed by atoms with Crippen molar-refractivity contribution in [1.82, 2.24) is 14.8 Å². The van der Waals surface area contributed by atoms with Crippen LogP contribution in [0.5, 0.6) is 0 Å². The fourth-order valence-electron chi connectivity index (χ4n) is 1.23. The van der Waals surface area contributed by atoms with E-state index in [-0.39, 0.29) is 0 Å². The minimum Gasteiger partial charge on any atom is -0.359 e. The molecule has 1 heterocycles. The highest BCUT2D eigenvalue weighted by Gasteiger charge is 2.04. The summed E-state index contributed by atoms with van der Waals surface area (Å²) in [6.07, 6.45) is 0.450. The molecule has 16 heavy (non-hydrogen) atoms. The number of nitrogens with one attached hydrogen (secondary N) is 1. The summed E-state index contributed by atoms with van der Waals surface area (Å²) in [5, 5.41) is 10.6. The van der Waals surface area contributed by atoms with Gasteiger partial charge in [0.25, 0.3) is 0 Å². The normalized spacial score (nSPS) is 10.4. The zero-order valence-corrected chi connectivity index (χ0v) is 8.97. The van der Waals surface area contributed by atoms with E-state index < -0.39 is 11.6 Å². The van der Waals surface area contributed by atoms with Crippen molar-refractivity contribution < 1.29 is 8.78 Å². The smallest absolute Gasteiger partial charge is 0.225 e. The van der Waals surface area contributed by atoms with Gasteiger partial charge in [0.15, 0.2) is 0 Å². The summed E-state index contributed by atoms with van der Waals surface area (Å²) in [7, 11) is 0. The molecule has 1 aromatic carbocycles. The number of hydrogen-bond acceptors (Lipinski definition) is 5. The second-order valence-corrected chi connectivity index (χ2v) is 3.81. The summed E-state index contributed by atoms with van der Waals surface area (Å²) >= 11 is 1.13. The minimum atomic E-state index is -0.567. The maximum absolute atomic E-state index is 13.2. The maximum Gasteiger partial charge on any atom is 0.225 e. The van der Waals surface area contributed by atoms with Gasteiger partial charge in [-0.2, -0.15) is 0 Å². The monoisotopic (exact) mass is 242 g/mol. The highest BCUT2D eigenvalue weighted by molar-refractivity contribution is 7.09. The first-order valence-corrected chi connectivity index (χ1v) is 5.36. The molecule has 0 radical (unpaired) electrons. The Morgan fingerprint density at radius 2 is 2.19 bits per heavy atom. The van der Waals surface area contributed by atoms with E-state index in [1.54, 1.807) is 0 Å². The van der Waals surface area contributed by atoms with Crippen molar-refractivity contribution in [1.29, 1.82) is 0 Å². The van der Waals surface area contributed by atoms with Crippen LogP contribution in [0.25, 0.3) is 0 Å². The van der Waals surface area contributed by atoms with Gasteiger partial charge >= 0.3 is 0 Å². The lowest BCUT2D eigenvalue weighted by Gasteiger charge is -2.03. The zero-order chi connectivity index (χ0) is 11.4. The third-order valence-corrected chi connectivity index (χ3v) is 2.54. The molecular weight excluding hydrogens is 234 g/mol. The summed E-state index contributed by atoms with van der Waals surface area (Å²) in [6, 6.07) is 3.55. The molecule has 1 aromatic heterocycles. The van der Waals surface area contributed by atoms with Crippen LogP contribution in [0.1, 0.15) is 5.56 Å². The molecule has 0 fully saturated rings. The molecular formula is C9H8F2N4S. The van der Waals surface area contributed by atoms with Gasteiger partial charge in [-0.3, -0.25) is 0 Å². The van der Waals surface area contributed by atoms with Crippen LogP contribution >= 0.6 is 11.5 Å². The van der Waals surface area contributed by atoms with E-state index in [1.165, 1.54) is 12.1 Å². The van der Waals surface area contributed by atoms with Crippen LogP contribution in [-0.4, -0.2) is 21.3 Å². The Morgan fingerprint density at radius 1 is 1.31 bits per heavy atom. The van der Waals surface area contributed by atoms with Gasteiger partial charge in [0.1, 0.15) is 11.6 Å². The predicted octanol–water partition coefficient (Wildman–Crippen LogP) is 1.87. The fraction of sp³-hybridized carbons (Fsp3) is 0.222. The largest absolute Gasteiger partial charge is 0.359 e. The van der Waals surface area contributed by atoms with Crippen molar-refractivity contribution in [2.24, 2.45) is 0 Å². The highest BCUT2D eigenvalue weighted by atomic mass is 32.1. The van der Waals surface area contributed by atoms with Crippen molar-refractivity contribution in [3.05, 3.63) is 35.4 Å². The Hall–Kier alpha value is -1.63. The topological polar surface area (TPSA) is 50.7 Å². The van der Waals surface area contributed by atoms with E-state index in [4.69, 9.17) is 0 Å². The van der Waals surface area contributed by atoms with Crippen molar-refractivity contribution in [2.75, 3.05) is 11.9 Å². The van der Waals surface area contributed by atoms with Gasteiger partial charge in [-0.25, -0.2) is 8.78 Å². The molecule has 2 rings (SSSR count). The van der Waals surface area contributed by atoms with E-state index in [2.05, 4.69) is 20.1 Å². The summed E-state index contributed by atoms with van der Waals surface area (Å²) in [5.74, 6) is -1.10. The predicted molar refractivity (Wildman–Crippen MR) is 56.3 cm³/mol. The summed E-state index contributed by atoms with van der Waals surface area (Å²) in [6.45, 7) is 0.499. The van der Waals surface area contributed by atoms with Gasteiger partial charge in [-0.15, -0.1) is 0 Å². The molecule has 0 aliphatic carbocycles. The van der Waals surface area contributed by atoms with Crippen molar-refractivity contribution >= 4 is 16.7 Å². The molecule has 0 aliphatic rings. The van der Waals surface area contributed by atoms with Gasteiger partial charge in [-0.1, -0.05) is 15.7 Å². The number of benzene rings is 1. The molecule has 0 spiro atoms. The molecule has 2 aromatic rings. The molecule has 0 amide bonds. The number of halogens is 2. The highest BCUT2D eigenvalue weighted by Crippen LogP contribution is 2.11. The van der Waals surface area contributed by atoms with Crippen LogP contribution in [0, 0.1) is 11.6 Å². The molecule has 4 nitrogen and oxygen atoms in total. The van der Waals surface area contributed by atoms with Crippen molar-refractivity contribution in [3.8, 4) is 0 Å². The molecule has 0 unspecified atom stereocenters. The van der Waals surface area contributed by atoms with E-state index in [1.807, 2.05) is 0 Å². The molecule has 7 heteroatoms. The Labute approximate surface area is 94.5 Å². The van der Waals surface area contributed by atoms with Crippen LogP contribution in [0.2, 0.25) is 0 Å². The van der Waals surface area contributed by atoms with Crippen LogP contribution in [0.4, 0.5) is 13.9 Å². The molecule has 0 saturated heterocycles. The SMILES string of the molecule is Fc1ccc(CCNc2nnns2)c(F)c1. The van der Waals surface area contributed by atoms with Crippen LogP contribution < -0.4 is 5.32 Å². The minimum absolute atomic E-state index is 0.450. The molecule has 0 atom stereocenters. The van der Waals surface area contributed by atoms with E-state index >= 15 is 0 Å². The lowest BCUT2D eigenvalue weighted by molar-refractivity contribution is 0.572. The number of nitrogens with zero attached hydrogens (tertiary/aromatic N) is 3. The van der Waals surface area contributed by atoms with E-state index in [0.717, 1.165) is 17.6 Å². The molecule has 0 bridgehead atoms. The summed E-state index contributed by atoms with van der Waals surface area (Å²) in [4.78, 5) is 0. The zero-order valence-electron chi connectivity index (χ0n) is 8.15. The second kappa shape index (κ2) is 4.93. The average molecular weight is 242 g/mol. The number of anilines is 1. The lowest BCUT2D eigenvalue weighted by Crippen LogP contribution is -2.06. The van der Waals surface area contributed by atoms with Crippen LogP contribution in [0.3, 0.4) is 0 Å². The quantitative estimate of drug-likeness (QED) is 0.889. The van der Waals surface area contributed by atoms with Gasteiger partial charge in [0.05, 0.1) is 0 Å². The second-order valence-electron chi connectivity index (χ2n) is 3.08. The van der Waals surface area contributed by atoms with Gasteiger partial charge < -0.3 is 5.32 Å². The van der Waals surface area contributed by atoms with Crippen LogP contribution in [-0.2, 0) is 6.42 Å². The molecule has 1 N–H and O–H groups in total. The Morgan fingerprint density at radius 3 is 2.88 bits per heavy atom. The van der Waals surface area contributed by atoms with Gasteiger partial charge in [0, 0.05) is 24.1 Å². The maximum atomic E-state index is 13.2. The Bertz CT molecular complexity index is 461. The first kappa shape index (κ1) is 10.9.